The number of ether oxygens (including phenoxy) is 2. The summed E-state index contributed by atoms with van der Waals surface area (Å²) in [5.74, 6) is 0.173. The van der Waals surface area contributed by atoms with Crippen LogP contribution in [0.25, 0.3) is 11.3 Å². The molecular formula is C19H17FN2O3S. The van der Waals surface area contributed by atoms with Crippen LogP contribution >= 0.6 is 11.3 Å². The van der Waals surface area contributed by atoms with Crippen molar-refractivity contribution in [1.29, 1.82) is 0 Å². The predicted octanol–water partition coefficient (Wildman–Crippen LogP) is 3.98. The largest absolute Gasteiger partial charge is 0.491 e. The topological polar surface area (TPSA) is 60.5 Å². The van der Waals surface area contributed by atoms with Gasteiger partial charge in [0.15, 0.2) is 5.13 Å². The highest BCUT2D eigenvalue weighted by Crippen LogP contribution is 2.24. The molecule has 0 aliphatic carbocycles. The van der Waals surface area contributed by atoms with Crippen molar-refractivity contribution in [3.63, 3.8) is 0 Å². The van der Waals surface area contributed by atoms with Gasteiger partial charge in [0, 0.05) is 10.9 Å². The van der Waals surface area contributed by atoms with Crippen LogP contribution < -0.4 is 10.1 Å². The smallest absolute Gasteiger partial charge is 0.252 e. The summed E-state index contributed by atoms with van der Waals surface area (Å²) >= 11 is 1.30. The van der Waals surface area contributed by atoms with Gasteiger partial charge in [0.2, 0.25) is 0 Å². The summed E-state index contributed by atoms with van der Waals surface area (Å²) in [6.07, 6.45) is 0. The van der Waals surface area contributed by atoms with E-state index in [0.29, 0.717) is 24.0 Å². The Morgan fingerprint density at radius 3 is 2.62 bits per heavy atom. The van der Waals surface area contributed by atoms with E-state index in [4.69, 9.17) is 9.47 Å². The summed E-state index contributed by atoms with van der Waals surface area (Å²) in [5.41, 5.74) is 1.47. The van der Waals surface area contributed by atoms with Gasteiger partial charge in [-0.05, 0) is 36.4 Å². The average Bonchev–Trinajstić information content (AvgIpc) is 3.11. The van der Waals surface area contributed by atoms with Crippen LogP contribution in [0, 0.1) is 5.82 Å². The molecule has 1 N–H and O–H groups in total. The summed E-state index contributed by atoms with van der Waals surface area (Å²) in [6, 6.07) is 15.4. The predicted molar refractivity (Wildman–Crippen MR) is 98.9 cm³/mol. The first-order chi connectivity index (χ1) is 12.7. The molecule has 0 fully saturated rings. The number of halogens is 1. The van der Waals surface area contributed by atoms with Crippen LogP contribution in [-0.2, 0) is 9.53 Å². The lowest BCUT2D eigenvalue weighted by Crippen LogP contribution is -2.20. The number of nitrogens with zero attached hydrogens (tertiary/aromatic N) is 1. The molecule has 5 nitrogen and oxygen atoms in total. The fraction of sp³-hybridized carbons (Fsp3) is 0.158. The van der Waals surface area contributed by atoms with E-state index in [2.05, 4.69) is 10.3 Å². The van der Waals surface area contributed by atoms with Gasteiger partial charge in [-0.1, -0.05) is 18.2 Å². The molecule has 0 atom stereocenters. The number of benzene rings is 2. The average molecular weight is 372 g/mol. The molecule has 0 radical (unpaired) electrons. The third kappa shape index (κ3) is 5.37. The number of hydrogen-bond donors (Lipinski definition) is 1. The Hall–Kier alpha value is -2.77. The molecule has 0 aliphatic heterocycles. The minimum absolute atomic E-state index is 0.0798. The van der Waals surface area contributed by atoms with E-state index in [0.717, 1.165) is 11.3 Å². The minimum atomic E-state index is -0.300. The zero-order valence-electron chi connectivity index (χ0n) is 13.9. The zero-order valence-corrected chi connectivity index (χ0v) is 14.7. The second kappa shape index (κ2) is 9.07. The second-order valence-electron chi connectivity index (χ2n) is 5.31. The summed E-state index contributed by atoms with van der Waals surface area (Å²) < 4.78 is 23.7. The third-order valence-corrected chi connectivity index (χ3v) is 4.12. The van der Waals surface area contributed by atoms with Gasteiger partial charge < -0.3 is 9.47 Å². The van der Waals surface area contributed by atoms with E-state index in [1.165, 1.54) is 23.5 Å². The highest BCUT2D eigenvalue weighted by Gasteiger charge is 2.08. The molecule has 26 heavy (non-hydrogen) atoms. The van der Waals surface area contributed by atoms with Crippen LogP contribution in [0.1, 0.15) is 0 Å². The summed E-state index contributed by atoms with van der Waals surface area (Å²) in [5, 5.41) is 4.95. The number of hydrogen-bond acceptors (Lipinski definition) is 5. The molecule has 134 valence electrons. The van der Waals surface area contributed by atoms with Crippen LogP contribution in [0.5, 0.6) is 5.75 Å². The first-order valence-electron chi connectivity index (χ1n) is 7.97. The molecule has 0 saturated heterocycles. The summed E-state index contributed by atoms with van der Waals surface area (Å²) in [7, 11) is 0. The van der Waals surface area contributed by atoms with Gasteiger partial charge in [-0.25, -0.2) is 9.37 Å². The van der Waals surface area contributed by atoms with Crippen molar-refractivity contribution in [2.24, 2.45) is 0 Å². The summed E-state index contributed by atoms with van der Waals surface area (Å²) in [4.78, 5) is 16.2. The maximum Gasteiger partial charge on any atom is 0.252 e. The van der Waals surface area contributed by atoms with Crippen molar-refractivity contribution < 1.29 is 18.7 Å². The maximum absolute atomic E-state index is 13.0. The Balaban J connectivity index is 1.39. The van der Waals surface area contributed by atoms with Gasteiger partial charge in [0.1, 0.15) is 24.8 Å². The molecule has 1 amide bonds. The lowest BCUT2D eigenvalue weighted by Gasteiger charge is -2.06. The fourth-order valence-corrected chi connectivity index (χ4v) is 2.88. The van der Waals surface area contributed by atoms with Crippen molar-refractivity contribution in [3.8, 4) is 17.0 Å². The van der Waals surface area contributed by atoms with Crippen LogP contribution in [-0.4, -0.2) is 30.7 Å². The number of nitrogens with one attached hydrogen (secondary N) is 1. The molecule has 1 aromatic heterocycles. The molecule has 0 bridgehead atoms. The van der Waals surface area contributed by atoms with Crippen molar-refractivity contribution >= 4 is 22.4 Å². The van der Waals surface area contributed by atoms with E-state index >= 15 is 0 Å². The van der Waals surface area contributed by atoms with Crippen LogP contribution in [0.15, 0.2) is 60.0 Å². The van der Waals surface area contributed by atoms with Crippen LogP contribution in [0.4, 0.5) is 9.52 Å². The Labute approximate surface area is 154 Å². The monoisotopic (exact) mass is 372 g/mol. The van der Waals surface area contributed by atoms with Gasteiger partial charge >= 0.3 is 0 Å². The standard InChI is InChI=1S/C19H17FN2O3S/c20-15-8-6-14(7-9-15)17-13-26-19(21-17)22-18(23)12-24-10-11-25-16-4-2-1-3-5-16/h1-9,13H,10-12H2,(H,21,22,23). The third-order valence-electron chi connectivity index (χ3n) is 3.36. The molecule has 0 saturated carbocycles. The molecule has 0 spiro atoms. The van der Waals surface area contributed by atoms with Gasteiger partial charge in [0.25, 0.3) is 5.91 Å². The normalized spacial score (nSPS) is 10.5. The lowest BCUT2D eigenvalue weighted by molar-refractivity contribution is -0.120. The quantitative estimate of drug-likeness (QED) is 0.608. The number of carbonyl (C=O) groups excluding carboxylic acids is 1. The van der Waals surface area contributed by atoms with E-state index in [1.807, 2.05) is 30.3 Å². The zero-order chi connectivity index (χ0) is 18.2. The molecule has 3 rings (SSSR count). The van der Waals surface area contributed by atoms with Gasteiger partial charge in [-0.2, -0.15) is 0 Å². The molecule has 1 heterocycles. The highest BCUT2D eigenvalue weighted by atomic mass is 32.1. The first kappa shape index (κ1) is 18.0. The summed E-state index contributed by atoms with van der Waals surface area (Å²) in [6.45, 7) is 0.591. The number of aromatic nitrogens is 1. The number of carbonyl (C=O) groups is 1. The van der Waals surface area contributed by atoms with Gasteiger partial charge in [0.05, 0.1) is 12.3 Å². The maximum atomic E-state index is 13.0. The molecule has 3 aromatic rings. The molecule has 0 aliphatic rings. The highest BCUT2D eigenvalue weighted by molar-refractivity contribution is 7.14. The number of amides is 1. The molecule has 7 heteroatoms. The van der Waals surface area contributed by atoms with Crippen molar-refractivity contribution in [2.45, 2.75) is 0 Å². The Morgan fingerprint density at radius 2 is 1.85 bits per heavy atom. The van der Waals surface area contributed by atoms with E-state index < -0.39 is 0 Å². The Morgan fingerprint density at radius 1 is 1.08 bits per heavy atom. The Kier molecular flexibility index (Phi) is 6.29. The number of rotatable bonds is 8. The fourth-order valence-electron chi connectivity index (χ4n) is 2.14. The first-order valence-corrected chi connectivity index (χ1v) is 8.85. The van der Waals surface area contributed by atoms with Crippen LogP contribution in [0.2, 0.25) is 0 Å². The Bertz CT molecular complexity index is 838. The molecule has 2 aromatic carbocycles. The van der Waals surface area contributed by atoms with Gasteiger partial charge in [-0.15, -0.1) is 11.3 Å². The second-order valence-corrected chi connectivity index (χ2v) is 6.17. The lowest BCUT2D eigenvalue weighted by atomic mass is 10.2. The van der Waals surface area contributed by atoms with E-state index in [9.17, 15) is 9.18 Å². The van der Waals surface area contributed by atoms with Crippen molar-refractivity contribution in [1.82, 2.24) is 4.98 Å². The minimum Gasteiger partial charge on any atom is -0.491 e. The van der Waals surface area contributed by atoms with Crippen molar-refractivity contribution in [3.05, 3.63) is 65.8 Å². The number of para-hydroxylation sites is 1. The SMILES string of the molecule is O=C(COCCOc1ccccc1)Nc1nc(-c2ccc(F)cc2)cs1. The molecule has 0 unspecified atom stereocenters. The van der Waals surface area contributed by atoms with Crippen LogP contribution in [0.3, 0.4) is 0 Å². The van der Waals surface area contributed by atoms with Crippen molar-refractivity contribution in [2.75, 3.05) is 25.1 Å². The van der Waals surface area contributed by atoms with Gasteiger partial charge in [-0.3, -0.25) is 10.1 Å². The molecular weight excluding hydrogens is 355 g/mol. The number of anilines is 1. The number of thiazole rings is 1. The van der Waals surface area contributed by atoms with E-state index in [1.54, 1.807) is 17.5 Å². The van der Waals surface area contributed by atoms with E-state index in [-0.39, 0.29) is 18.3 Å².